The van der Waals surface area contributed by atoms with Gasteiger partial charge < -0.3 is 14.2 Å². The molecular weight excluding hydrogens is 324 g/mol. The van der Waals surface area contributed by atoms with Crippen molar-refractivity contribution < 1.29 is 9.53 Å². The zero-order valence-electron chi connectivity index (χ0n) is 14.2. The standard InChI is InChI=1S/C17H22N4O2S/c1-5-10-21-13(2)18-19-17(21)24-12-16(22)20(3)11-14-6-8-15(23-4)9-7-14/h5-9H,1,10-12H2,2-4H3. The minimum Gasteiger partial charge on any atom is -0.497 e. The lowest BCUT2D eigenvalue weighted by atomic mass is 10.2. The van der Waals surface area contributed by atoms with Gasteiger partial charge in [0.15, 0.2) is 5.16 Å². The van der Waals surface area contributed by atoms with Crippen molar-refractivity contribution in [1.82, 2.24) is 19.7 Å². The van der Waals surface area contributed by atoms with Gasteiger partial charge in [0.2, 0.25) is 5.91 Å². The van der Waals surface area contributed by atoms with E-state index in [0.29, 0.717) is 18.8 Å². The summed E-state index contributed by atoms with van der Waals surface area (Å²) in [6.45, 7) is 6.81. The van der Waals surface area contributed by atoms with Gasteiger partial charge in [-0.15, -0.1) is 16.8 Å². The molecule has 7 heteroatoms. The van der Waals surface area contributed by atoms with Crippen LogP contribution in [0.15, 0.2) is 42.1 Å². The summed E-state index contributed by atoms with van der Waals surface area (Å²) < 4.78 is 7.08. The molecule has 0 bridgehead atoms. The molecule has 2 rings (SSSR count). The van der Waals surface area contributed by atoms with Gasteiger partial charge >= 0.3 is 0 Å². The van der Waals surface area contributed by atoms with Crippen LogP contribution in [0, 0.1) is 6.92 Å². The van der Waals surface area contributed by atoms with E-state index in [2.05, 4.69) is 16.8 Å². The van der Waals surface area contributed by atoms with Crippen LogP contribution in [0.2, 0.25) is 0 Å². The molecule has 1 aromatic carbocycles. The van der Waals surface area contributed by atoms with Gasteiger partial charge in [0.1, 0.15) is 11.6 Å². The highest BCUT2D eigenvalue weighted by Gasteiger charge is 2.14. The maximum Gasteiger partial charge on any atom is 0.233 e. The lowest BCUT2D eigenvalue weighted by Crippen LogP contribution is -2.27. The van der Waals surface area contributed by atoms with E-state index < -0.39 is 0 Å². The van der Waals surface area contributed by atoms with Gasteiger partial charge in [-0.25, -0.2) is 0 Å². The molecule has 0 spiro atoms. The minimum atomic E-state index is 0.0432. The first-order chi connectivity index (χ1) is 11.5. The maximum absolute atomic E-state index is 12.3. The number of hydrogen-bond donors (Lipinski definition) is 0. The van der Waals surface area contributed by atoms with E-state index in [1.807, 2.05) is 35.8 Å². The summed E-state index contributed by atoms with van der Waals surface area (Å²) in [4.78, 5) is 14.0. The first-order valence-electron chi connectivity index (χ1n) is 7.55. The summed E-state index contributed by atoms with van der Waals surface area (Å²) in [7, 11) is 3.43. The number of nitrogens with zero attached hydrogens (tertiary/aromatic N) is 4. The van der Waals surface area contributed by atoms with Gasteiger partial charge in [0.05, 0.1) is 12.9 Å². The number of aromatic nitrogens is 3. The van der Waals surface area contributed by atoms with Crippen LogP contribution < -0.4 is 4.74 Å². The predicted octanol–water partition coefficient (Wildman–Crippen LogP) is 2.53. The van der Waals surface area contributed by atoms with E-state index in [-0.39, 0.29) is 5.91 Å². The number of rotatable bonds is 8. The van der Waals surface area contributed by atoms with Crippen molar-refractivity contribution in [2.24, 2.45) is 0 Å². The molecule has 0 radical (unpaired) electrons. The Kier molecular flexibility index (Phi) is 6.43. The SMILES string of the molecule is C=CCn1c(C)nnc1SCC(=O)N(C)Cc1ccc(OC)cc1. The van der Waals surface area contributed by atoms with Crippen LogP contribution in [-0.2, 0) is 17.9 Å². The van der Waals surface area contributed by atoms with E-state index in [9.17, 15) is 4.79 Å². The van der Waals surface area contributed by atoms with Gasteiger partial charge in [0.25, 0.3) is 0 Å². The van der Waals surface area contributed by atoms with Gasteiger partial charge in [-0.05, 0) is 24.6 Å². The summed E-state index contributed by atoms with van der Waals surface area (Å²) in [6.07, 6.45) is 1.79. The number of allylic oxidation sites excluding steroid dienone is 1. The molecule has 0 aliphatic carbocycles. The smallest absolute Gasteiger partial charge is 0.233 e. The Balaban J connectivity index is 1.90. The number of carbonyl (C=O) groups is 1. The number of ether oxygens (including phenoxy) is 1. The van der Waals surface area contributed by atoms with Crippen LogP contribution in [0.3, 0.4) is 0 Å². The highest BCUT2D eigenvalue weighted by Crippen LogP contribution is 2.18. The average Bonchev–Trinajstić information content (AvgIpc) is 2.94. The van der Waals surface area contributed by atoms with Crippen molar-refractivity contribution in [3.8, 4) is 5.75 Å². The fraction of sp³-hybridized carbons (Fsp3) is 0.353. The Labute approximate surface area is 146 Å². The summed E-state index contributed by atoms with van der Waals surface area (Å²) in [6, 6.07) is 7.70. The largest absolute Gasteiger partial charge is 0.497 e. The Morgan fingerprint density at radius 2 is 2.08 bits per heavy atom. The zero-order chi connectivity index (χ0) is 17.5. The van der Waals surface area contributed by atoms with Crippen molar-refractivity contribution in [3.63, 3.8) is 0 Å². The molecule has 0 fully saturated rings. The lowest BCUT2D eigenvalue weighted by Gasteiger charge is -2.17. The molecule has 0 aliphatic rings. The molecule has 1 heterocycles. The summed E-state index contributed by atoms with van der Waals surface area (Å²) in [5.74, 6) is 1.99. The lowest BCUT2D eigenvalue weighted by molar-refractivity contribution is -0.127. The molecule has 0 N–H and O–H groups in total. The van der Waals surface area contributed by atoms with E-state index in [1.54, 1.807) is 25.1 Å². The van der Waals surface area contributed by atoms with Crippen molar-refractivity contribution >= 4 is 17.7 Å². The number of methoxy groups -OCH3 is 1. The van der Waals surface area contributed by atoms with Crippen molar-refractivity contribution in [2.45, 2.75) is 25.2 Å². The number of aryl methyl sites for hydroxylation is 1. The Morgan fingerprint density at radius 1 is 1.38 bits per heavy atom. The third-order valence-corrected chi connectivity index (χ3v) is 4.49. The maximum atomic E-state index is 12.3. The van der Waals surface area contributed by atoms with E-state index >= 15 is 0 Å². The first-order valence-corrected chi connectivity index (χ1v) is 8.54. The van der Waals surface area contributed by atoms with Gasteiger partial charge in [-0.3, -0.25) is 4.79 Å². The molecule has 128 valence electrons. The van der Waals surface area contributed by atoms with Gasteiger partial charge in [-0.1, -0.05) is 30.0 Å². The molecule has 0 atom stereocenters. The van der Waals surface area contributed by atoms with Crippen molar-refractivity contribution in [2.75, 3.05) is 19.9 Å². The number of carbonyl (C=O) groups excluding carboxylic acids is 1. The predicted molar refractivity (Wildman–Crippen MR) is 95.1 cm³/mol. The quantitative estimate of drug-likeness (QED) is 0.543. The van der Waals surface area contributed by atoms with Crippen LogP contribution in [0.5, 0.6) is 5.75 Å². The molecule has 24 heavy (non-hydrogen) atoms. The Morgan fingerprint density at radius 3 is 2.71 bits per heavy atom. The molecular formula is C17H22N4O2S. The molecule has 0 saturated heterocycles. The number of amides is 1. The second kappa shape index (κ2) is 8.54. The first kappa shape index (κ1) is 18.1. The second-order valence-electron chi connectivity index (χ2n) is 5.32. The Hall–Kier alpha value is -2.28. The monoisotopic (exact) mass is 346 g/mol. The molecule has 0 aliphatic heterocycles. The molecule has 1 amide bonds. The summed E-state index contributed by atoms with van der Waals surface area (Å²) in [5, 5.41) is 8.90. The fourth-order valence-electron chi connectivity index (χ4n) is 2.14. The van der Waals surface area contributed by atoms with E-state index in [1.165, 1.54) is 11.8 Å². The van der Waals surface area contributed by atoms with Crippen molar-refractivity contribution in [3.05, 3.63) is 48.3 Å². The topological polar surface area (TPSA) is 60.2 Å². The third-order valence-electron chi connectivity index (χ3n) is 3.54. The zero-order valence-corrected chi connectivity index (χ0v) is 15.0. The number of thioether (sulfide) groups is 1. The molecule has 6 nitrogen and oxygen atoms in total. The third kappa shape index (κ3) is 4.61. The average molecular weight is 346 g/mol. The van der Waals surface area contributed by atoms with Crippen LogP contribution in [0.4, 0.5) is 0 Å². The molecule has 0 saturated carbocycles. The summed E-state index contributed by atoms with van der Waals surface area (Å²) in [5.41, 5.74) is 1.06. The van der Waals surface area contributed by atoms with E-state index in [0.717, 1.165) is 22.3 Å². The van der Waals surface area contributed by atoms with Crippen LogP contribution in [-0.4, -0.2) is 45.5 Å². The number of hydrogen-bond acceptors (Lipinski definition) is 5. The van der Waals surface area contributed by atoms with E-state index in [4.69, 9.17) is 4.74 Å². The minimum absolute atomic E-state index is 0.0432. The van der Waals surface area contributed by atoms with Gasteiger partial charge in [0, 0.05) is 20.1 Å². The highest BCUT2D eigenvalue weighted by molar-refractivity contribution is 7.99. The van der Waals surface area contributed by atoms with Gasteiger partial charge in [-0.2, -0.15) is 0 Å². The van der Waals surface area contributed by atoms with Crippen LogP contribution >= 0.6 is 11.8 Å². The highest BCUT2D eigenvalue weighted by atomic mass is 32.2. The second-order valence-corrected chi connectivity index (χ2v) is 6.26. The van der Waals surface area contributed by atoms with Crippen LogP contribution in [0.25, 0.3) is 0 Å². The summed E-state index contributed by atoms with van der Waals surface area (Å²) >= 11 is 1.39. The Bertz CT molecular complexity index is 697. The van der Waals surface area contributed by atoms with Crippen molar-refractivity contribution in [1.29, 1.82) is 0 Å². The van der Waals surface area contributed by atoms with Crippen LogP contribution in [0.1, 0.15) is 11.4 Å². The normalized spacial score (nSPS) is 10.5. The fourth-order valence-corrected chi connectivity index (χ4v) is 3.07. The molecule has 2 aromatic rings. The number of benzene rings is 1. The molecule has 1 aromatic heterocycles. The molecule has 0 unspecified atom stereocenters.